The lowest BCUT2D eigenvalue weighted by Crippen LogP contribution is -1.97. The van der Waals surface area contributed by atoms with Crippen molar-refractivity contribution in [2.75, 3.05) is 6.26 Å². The highest BCUT2D eigenvalue weighted by atomic mass is 79.9. The summed E-state index contributed by atoms with van der Waals surface area (Å²) in [5.74, 6) is 0. The predicted octanol–water partition coefficient (Wildman–Crippen LogP) is 2.31. The molecule has 0 radical (unpaired) electrons. The van der Waals surface area contributed by atoms with Gasteiger partial charge in [0.1, 0.15) is 4.60 Å². The molecule has 0 atom stereocenters. The zero-order valence-electron chi connectivity index (χ0n) is 8.96. The van der Waals surface area contributed by atoms with Crippen LogP contribution in [0.2, 0.25) is 0 Å². The fourth-order valence-corrected chi connectivity index (χ4v) is 2.22. The van der Waals surface area contributed by atoms with Gasteiger partial charge < -0.3 is 0 Å². The van der Waals surface area contributed by atoms with Crippen LogP contribution in [0, 0.1) is 0 Å². The largest absolute Gasteiger partial charge is 0.252 e. The van der Waals surface area contributed by atoms with Gasteiger partial charge in [-0.25, -0.2) is 13.4 Å². The summed E-state index contributed by atoms with van der Waals surface area (Å²) >= 11 is 3.19. The van der Waals surface area contributed by atoms with Crippen molar-refractivity contribution in [2.45, 2.75) is 4.90 Å². The lowest BCUT2D eigenvalue weighted by Gasteiger charge is -2.03. The number of hydrogen-bond acceptors (Lipinski definition) is 4. The smallest absolute Gasteiger partial charge is 0.175 e. The van der Waals surface area contributed by atoms with Gasteiger partial charge in [0.25, 0.3) is 0 Å². The Hall–Kier alpha value is -1.27. The number of aromatic nitrogens is 2. The molecule has 0 amide bonds. The highest BCUT2D eigenvalue weighted by Gasteiger charge is 2.08. The van der Waals surface area contributed by atoms with Gasteiger partial charge >= 0.3 is 0 Å². The number of rotatable bonds is 2. The summed E-state index contributed by atoms with van der Waals surface area (Å²) in [5.41, 5.74) is 1.37. The van der Waals surface area contributed by atoms with E-state index in [0.29, 0.717) is 10.3 Å². The minimum atomic E-state index is -3.20. The number of benzene rings is 1. The van der Waals surface area contributed by atoms with Gasteiger partial charge in [-0.3, -0.25) is 4.98 Å². The molecule has 1 heterocycles. The SMILES string of the molecule is CS(=O)(=O)c1cccc(-c2cnc(Br)cn2)c1. The standard InChI is InChI=1S/C11H9BrN2O2S/c1-17(15,16)9-4-2-3-8(5-9)10-6-14-11(12)7-13-10/h2-7H,1H3. The normalized spacial score (nSPS) is 11.4. The Labute approximate surface area is 108 Å². The number of halogens is 1. The molecule has 4 nitrogen and oxygen atoms in total. The molecule has 0 aliphatic rings. The number of sulfone groups is 1. The van der Waals surface area contributed by atoms with Crippen molar-refractivity contribution in [3.8, 4) is 11.3 Å². The van der Waals surface area contributed by atoms with Gasteiger partial charge in [0, 0.05) is 11.8 Å². The van der Waals surface area contributed by atoms with Crippen molar-refractivity contribution in [2.24, 2.45) is 0 Å². The van der Waals surface area contributed by atoms with Gasteiger partial charge in [0.05, 0.1) is 23.0 Å². The summed E-state index contributed by atoms with van der Waals surface area (Å²) in [6.45, 7) is 0. The van der Waals surface area contributed by atoms with Crippen LogP contribution in [-0.4, -0.2) is 24.6 Å². The Bertz CT molecular complexity index is 639. The summed E-state index contributed by atoms with van der Waals surface area (Å²) in [7, 11) is -3.20. The Balaban J connectivity index is 2.50. The second kappa shape index (κ2) is 4.54. The number of nitrogens with zero attached hydrogens (tertiary/aromatic N) is 2. The minimum Gasteiger partial charge on any atom is -0.252 e. The fraction of sp³-hybridized carbons (Fsp3) is 0.0909. The van der Waals surface area contributed by atoms with E-state index in [4.69, 9.17) is 0 Å². The molecular formula is C11H9BrN2O2S. The third kappa shape index (κ3) is 2.89. The van der Waals surface area contributed by atoms with E-state index in [1.54, 1.807) is 36.7 Å². The van der Waals surface area contributed by atoms with E-state index >= 15 is 0 Å². The molecule has 0 spiro atoms. The van der Waals surface area contributed by atoms with Gasteiger partial charge in [-0.05, 0) is 28.1 Å². The highest BCUT2D eigenvalue weighted by molar-refractivity contribution is 9.10. The molecule has 2 rings (SSSR count). The molecule has 0 unspecified atom stereocenters. The molecule has 0 saturated heterocycles. The lowest BCUT2D eigenvalue weighted by atomic mass is 10.2. The molecule has 0 bridgehead atoms. The average molecular weight is 313 g/mol. The molecule has 0 fully saturated rings. The van der Waals surface area contributed by atoms with Gasteiger partial charge in [-0.15, -0.1) is 0 Å². The molecule has 2 aromatic rings. The van der Waals surface area contributed by atoms with Crippen molar-refractivity contribution in [3.05, 3.63) is 41.3 Å². The summed E-state index contributed by atoms with van der Waals surface area (Å²) in [6.07, 6.45) is 4.34. The van der Waals surface area contributed by atoms with Crippen molar-refractivity contribution in [1.82, 2.24) is 9.97 Å². The van der Waals surface area contributed by atoms with Crippen LogP contribution in [0.4, 0.5) is 0 Å². The van der Waals surface area contributed by atoms with Crippen molar-refractivity contribution in [3.63, 3.8) is 0 Å². The maximum atomic E-state index is 11.4. The maximum Gasteiger partial charge on any atom is 0.175 e. The molecular weight excluding hydrogens is 304 g/mol. The zero-order valence-corrected chi connectivity index (χ0v) is 11.4. The topological polar surface area (TPSA) is 59.9 Å². The first-order valence-electron chi connectivity index (χ1n) is 4.75. The quantitative estimate of drug-likeness (QED) is 0.853. The van der Waals surface area contributed by atoms with Crippen LogP contribution in [0.15, 0.2) is 46.2 Å². The second-order valence-electron chi connectivity index (χ2n) is 3.52. The molecule has 1 aromatic heterocycles. The van der Waals surface area contributed by atoms with Crippen LogP contribution in [0.1, 0.15) is 0 Å². The molecule has 0 aliphatic heterocycles. The average Bonchev–Trinajstić information content (AvgIpc) is 2.29. The summed E-state index contributed by atoms with van der Waals surface area (Å²) < 4.78 is 23.5. The molecule has 0 aliphatic carbocycles. The molecule has 88 valence electrons. The van der Waals surface area contributed by atoms with Crippen LogP contribution in [0.3, 0.4) is 0 Å². The van der Waals surface area contributed by atoms with Crippen LogP contribution < -0.4 is 0 Å². The first-order chi connectivity index (χ1) is 7.97. The summed E-state index contributed by atoms with van der Waals surface area (Å²) in [5, 5.41) is 0. The molecule has 1 aromatic carbocycles. The summed E-state index contributed by atoms with van der Waals surface area (Å²) in [6, 6.07) is 6.64. The van der Waals surface area contributed by atoms with Gasteiger partial charge in [0.2, 0.25) is 0 Å². The van der Waals surface area contributed by atoms with Crippen molar-refractivity contribution >= 4 is 25.8 Å². The van der Waals surface area contributed by atoms with E-state index < -0.39 is 9.84 Å². The van der Waals surface area contributed by atoms with E-state index in [1.807, 2.05) is 0 Å². The minimum absolute atomic E-state index is 0.278. The van der Waals surface area contributed by atoms with Gasteiger partial charge in [-0.2, -0.15) is 0 Å². The maximum absolute atomic E-state index is 11.4. The van der Waals surface area contributed by atoms with E-state index in [0.717, 1.165) is 5.56 Å². The molecule has 17 heavy (non-hydrogen) atoms. The molecule has 0 saturated carbocycles. The van der Waals surface area contributed by atoms with E-state index in [-0.39, 0.29) is 4.90 Å². The Morgan fingerprint density at radius 1 is 1.18 bits per heavy atom. The molecule has 0 N–H and O–H groups in total. The van der Waals surface area contributed by atoms with E-state index in [2.05, 4.69) is 25.9 Å². The van der Waals surface area contributed by atoms with Crippen molar-refractivity contribution < 1.29 is 8.42 Å². The molecule has 6 heteroatoms. The Kier molecular flexibility index (Phi) is 3.26. The third-order valence-electron chi connectivity index (χ3n) is 2.18. The van der Waals surface area contributed by atoms with Crippen LogP contribution in [-0.2, 0) is 9.84 Å². The van der Waals surface area contributed by atoms with E-state index in [9.17, 15) is 8.42 Å². The van der Waals surface area contributed by atoms with Crippen LogP contribution in [0.5, 0.6) is 0 Å². The Morgan fingerprint density at radius 3 is 2.53 bits per heavy atom. The Morgan fingerprint density at radius 2 is 1.94 bits per heavy atom. The van der Waals surface area contributed by atoms with Crippen molar-refractivity contribution in [1.29, 1.82) is 0 Å². The van der Waals surface area contributed by atoms with Gasteiger partial charge in [0.15, 0.2) is 9.84 Å². The first kappa shape index (κ1) is 12.2. The van der Waals surface area contributed by atoms with Crippen LogP contribution >= 0.6 is 15.9 Å². The first-order valence-corrected chi connectivity index (χ1v) is 7.43. The highest BCUT2D eigenvalue weighted by Crippen LogP contribution is 2.20. The lowest BCUT2D eigenvalue weighted by molar-refractivity contribution is 0.602. The number of hydrogen-bond donors (Lipinski definition) is 0. The monoisotopic (exact) mass is 312 g/mol. The fourth-order valence-electron chi connectivity index (χ4n) is 1.35. The summed E-state index contributed by atoms with van der Waals surface area (Å²) in [4.78, 5) is 8.50. The predicted molar refractivity (Wildman–Crippen MR) is 68.3 cm³/mol. The zero-order chi connectivity index (χ0) is 12.5. The second-order valence-corrected chi connectivity index (χ2v) is 6.35. The van der Waals surface area contributed by atoms with E-state index in [1.165, 1.54) is 6.26 Å². The third-order valence-corrected chi connectivity index (χ3v) is 3.70. The van der Waals surface area contributed by atoms with Gasteiger partial charge in [-0.1, -0.05) is 12.1 Å². The van der Waals surface area contributed by atoms with Crippen LogP contribution in [0.25, 0.3) is 11.3 Å².